The number of rotatable bonds is 4. The van der Waals surface area contributed by atoms with Crippen molar-refractivity contribution in [3.05, 3.63) is 23.2 Å². The van der Waals surface area contributed by atoms with Crippen molar-refractivity contribution in [1.29, 1.82) is 0 Å². The van der Waals surface area contributed by atoms with Gasteiger partial charge in [-0.25, -0.2) is 0 Å². The summed E-state index contributed by atoms with van der Waals surface area (Å²) in [5, 5.41) is 0.554. The normalized spacial score (nSPS) is 16.6. The van der Waals surface area contributed by atoms with E-state index in [9.17, 15) is 0 Å². The Morgan fingerprint density at radius 2 is 2.06 bits per heavy atom. The second-order valence-electron chi connectivity index (χ2n) is 4.08. The highest BCUT2D eigenvalue weighted by molar-refractivity contribution is 6.33. The lowest BCUT2D eigenvalue weighted by atomic mass is 10.3. The minimum atomic E-state index is 0.554. The summed E-state index contributed by atoms with van der Waals surface area (Å²) in [6.45, 7) is 4.10. The summed E-state index contributed by atoms with van der Waals surface area (Å²) in [6, 6.07) is 5.39. The highest BCUT2D eigenvalue weighted by Gasteiger charge is 2.10. The predicted octanol–water partition coefficient (Wildman–Crippen LogP) is 2.40. The van der Waals surface area contributed by atoms with E-state index in [0.717, 1.165) is 12.3 Å². The molecule has 1 aromatic rings. The molecular weight excluding hydrogens is 224 g/mol. The quantitative estimate of drug-likeness (QED) is 0.822. The number of nitrogens with zero attached hydrogens (tertiary/aromatic N) is 1. The summed E-state index contributed by atoms with van der Waals surface area (Å²) in [5.74, 6) is 0.790. The molecule has 88 valence electrons. The molecule has 1 fully saturated rings. The van der Waals surface area contributed by atoms with Gasteiger partial charge in [-0.15, -0.1) is 0 Å². The van der Waals surface area contributed by atoms with Gasteiger partial charge in [0.05, 0.1) is 10.7 Å². The molecule has 2 rings (SSSR count). The fourth-order valence-electron chi connectivity index (χ4n) is 1.90. The van der Waals surface area contributed by atoms with Crippen molar-refractivity contribution in [1.82, 2.24) is 4.90 Å². The fourth-order valence-corrected chi connectivity index (χ4v) is 2.07. The van der Waals surface area contributed by atoms with E-state index in [1.165, 1.54) is 25.9 Å². The second-order valence-corrected chi connectivity index (χ2v) is 4.49. The van der Waals surface area contributed by atoms with E-state index < -0.39 is 0 Å². The lowest BCUT2D eigenvalue weighted by Gasteiger charge is -2.15. The van der Waals surface area contributed by atoms with Gasteiger partial charge in [0.1, 0.15) is 12.4 Å². The predicted molar refractivity (Wildman–Crippen MR) is 67.0 cm³/mol. The first kappa shape index (κ1) is 11.6. The molecule has 4 heteroatoms. The molecule has 0 spiro atoms. The van der Waals surface area contributed by atoms with Crippen molar-refractivity contribution in [3.8, 4) is 5.75 Å². The van der Waals surface area contributed by atoms with E-state index in [4.69, 9.17) is 22.1 Å². The Balaban J connectivity index is 1.78. The van der Waals surface area contributed by atoms with Crippen molar-refractivity contribution >= 4 is 17.3 Å². The van der Waals surface area contributed by atoms with Crippen LogP contribution in [0.4, 0.5) is 5.69 Å². The lowest BCUT2D eigenvalue weighted by Crippen LogP contribution is -2.25. The third-order valence-electron chi connectivity index (χ3n) is 2.85. The van der Waals surface area contributed by atoms with Crippen LogP contribution in [0.3, 0.4) is 0 Å². The number of nitrogens with two attached hydrogens (primary N) is 1. The zero-order chi connectivity index (χ0) is 11.4. The Kier molecular flexibility index (Phi) is 3.91. The standard InChI is InChI=1S/C12H17ClN2O/c13-11-9-10(3-4-12(11)14)16-8-7-15-5-1-2-6-15/h3-4,9H,1-2,5-8,14H2. The van der Waals surface area contributed by atoms with E-state index in [1.54, 1.807) is 12.1 Å². The Bertz CT molecular complexity index is 351. The molecular formula is C12H17ClN2O. The monoisotopic (exact) mass is 240 g/mol. The summed E-state index contributed by atoms with van der Waals surface area (Å²) < 4.78 is 5.62. The Labute approximate surface area is 101 Å². The molecule has 1 aliphatic rings. The van der Waals surface area contributed by atoms with Crippen molar-refractivity contribution in [2.75, 3.05) is 32.0 Å². The third kappa shape index (κ3) is 3.03. The van der Waals surface area contributed by atoms with Gasteiger partial charge in [-0.1, -0.05) is 11.6 Å². The van der Waals surface area contributed by atoms with E-state index in [0.29, 0.717) is 17.3 Å². The van der Waals surface area contributed by atoms with Gasteiger partial charge in [-0.05, 0) is 38.1 Å². The average molecular weight is 241 g/mol. The van der Waals surface area contributed by atoms with Gasteiger partial charge in [0.25, 0.3) is 0 Å². The number of halogens is 1. The molecule has 0 aromatic heterocycles. The largest absolute Gasteiger partial charge is 0.492 e. The van der Waals surface area contributed by atoms with Crippen LogP contribution in [0.25, 0.3) is 0 Å². The molecule has 0 aliphatic carbocycles. The average Bonchev–Trinajstić information content (AvgIpc) is 2.76. The Morgan fingerprint density at radius 1 is 1.31 bits per heavy atom. The minimum Gasteiger partial charge on any atom is -0.492 e. The summed E-state index contributed by atoms with van der Waals surface area (Å²) >= 11 is 5.90. The zero-order valence-electron chi connectivity index (χ0n) is 9.29. The number of likely N-dealkylation sites (tertiary alicyclic amines) is 1. The number of anilines is 1. The molecule has 0 saturated carbocycles. The minimum absolute atomic E-state index is 0.554. The Hall–Kier alpha value is -0.930. The van der Waals surface area contributed by atoms with Gasteiger partial charge in [0.2, 0.25) is 0 Å². The van der Waals surface area contributed by atoms with Crippen molar-refractivity contribution in [3.63, 3.8) is 0 Å². The molecule has 0 radical (unpaired) electrons. The maximum atomic E-state index is 5.90. The number of hydrogen-bond donors (Lipinski definition) is 1. The molecule has 16 heavy (non-hydrogen) atoms. The molecule has 1 heterocycles. The molecule has 0 amide bonds. The maximum Gasteiger partial charge on any atom is 0.121 e. The Morgan fingerprint density at radius 3 is 2.75 bits per heavy atom. The molecule has 3 nitrogen and oxygen atoms in total. The van der Waals surface area contributed by atoms with Crippen LogP contribution in [-0.2, 0) is 0 Å². The van der Waals surface area contributed by atoms with Crippen LogP contribution in [0.2, 0.25) is 5.02 Å². The van der Waals surface area contributed by atoms with Crippen LogP contribution in [0.5, 0.6) is 5.75 Å². The summed E-state index contributed by atoms with van der Waals surface area (Å²) in [7, 11) is 0. The van der Waals surface area contributed by atoms with Crippen LogP contribution in [-0.4, -0.2) is 31.1 Å². The van der Waals surface area contributed by atoms with Crippen LogP contribution in [0, 0.1) is 0 Å². The molecule has 0 unspecified atom stereocenters. The highest BCUT2D eigenvalue weighted by atomic mass is 35.5. The summed E-state index contributed by atoms with van der Waals surface area (Å²) in [5.41, 5.74) is 6.21. The first-order chi connectivity index (χ1) is 7.75. The SMILES string of the molecule is Nc1ccc(OCCN2CCCC2)cc1Cl. The van der Waals surface area contributed by atoms with Gasteiger partial charge in [0.15, 0.2) is 0 Å². The van der Waals surface area contributed by atoms with Gasteiger partial charge in [-0.2, -0.15) is 0 Å². The third-order valence-corrected chi connectivity index (χ3v) is 3.17. The molecule has 1 saturated heterocycles. The molecule has 0 bridgehead atoms. The molecule has 1 aliphatic heterocycles. The van der Waals surface area contributed by atoms with Crippen LogP contribution in [0.1, 0.15) is 12.8 Å². The van der Waals surface area contributed by atoms with E-state index in [1.807, 2.05) is 6.07 Å². The van der Waals surface area contributed by atoms with Crippen LogP contribution < -0.4 is 10.5 Å². The van der Waals surface area contributed by atoms with Gasteiger partial charge < -0.3 is 10.5 Å². The van der Waals surface area contributed by atoms with Gasteiger partial charge in [-0.3, -0.25) is 4.90 Å². The molecule has 1 aromatic carbocycles. The first-order valence-electron chi connectivity index (χ1n) is 5.66. The van der Waals surface area contributed by atoms with Crippen LogP contribution >= 0.6 is 11.6 Å². The van der Waals surface area contributed by atoms with E-state index in [2.05, 4.69) is 4.90 Å². The maximum absolute atomic E-state index is 5.90. The van der Waals surface area contributed by atoms with Gasteiger partial charge in [0, 0.05) is 12.6 Å². The van der Waals surface area contributed by atoms with E-state index >= 15 is 0 Å². The van der Waals surface area contributed by atoms with Crippen molar-refractivity contribution < 1.29 is 4.74 Å². The molecule has 2 N–H and O–H groups in total. The zero-order valence-corrected chi connectivity index (χ0v) is 10.0. The highest BCUT2D eigenvalue weighted by Crippen LogP contribution is 2.24. The van der Waals surface area contributed by atoms with Gasteiger partial charge >= 0.3 is 0 Å². The second kappa shape index (κ2) is 5.41. The number of ether oxygens (including phenoxy) is 1. The smallest absolute Gasteiger partial charge is 0.121 e. The van der Waals surface area contributed by atoms with E-state index in [-0.39, 0.29) is 0 Å². The summed E-state index contributed by atoms with van der Waals surface area (Å²) in [4.78, 5) is 2.42. The fraction of sp³-hybridized carbons (Fsp3) is 0.500. The van der Waals surface area contributed by atoms with Crippen molar-refractivity contribution in [2.45, 2.75) is 12.8 Å². The first-order valence-corrected chi connectivity index (χ1v) is 6.04. The topological polar surface area (TPSA) is 38.5 Å². The van der Waals surface area contributed by atoms with Crippen LogP contribution in [0.15, 0.2) is 18.2 Å². The number of hydrogen-bond acceptors (Lipinski definition) is 3. The molecule has 0 atom stereocenters. The van der Waals surface area contributed by atoms with Crippen molar-refractivity contribution in [2.24, 2.45) is 0 Å². The number of benzene rings is 1. The lowest BCUT2D eigenvalue weighted by molar-refractivity contribution is 0.238. The number of nitrogen functional groups attached to an aromatic ring is 1. The summed E-state index contributed by atoms with van der Waals surface area (Å²) in [6.07, 6.45) is 2.63.